The molecule has 1 heterocycles. The molecule has 3 heteroatoms. The fourth-order valence-electron chi connectivity index (χ4n) is 1.63. The summed E-state index contributed by atoms with van der Waals surface area (Å²) in [6, 6.07) is 0. The largest absolute Gasteiger partial charge is 0.378 e. The van der Waals surface area contributed by atoms with Crippen molar-refractivity contribution in [3.05, 3.63) is 36.6 Å². The molecular formula is C13H22N2O. The highest BCUT2D eigenvalue weighted by Gasteiger charge is 2.10. The number of nitrogens with two attached hydrogens (primary N) is 1. The molecule has 1 aliphatic heterocycles. The molecule has 0 spiro atoms. The van der Waals surface area contributed by atoms with E-state index in [2.05, 4.69) is 24.1 Å². The van der Waals surface area contributed by atoms with Gasteiger partial charge in [-0.05, 0) is 13.0 Å². The molecule has 1 saturated heterocycles. The van der Waals surface area contributed by atoms with Crippen LogP contribution in [-0.2, 0) is 4.74 Å². The summed E-state index contributed by atoms with van der Waals surface area (Å²) in [5.41, 5.74) is 7.78. The molecule has 16 heavy (non-hydrogen) atoms. The van der Waals surface area contributed by atoms with Crippen molar-refractivity contribution in [2.75, 3.05) is 32.8 Å². The Morgan fingerprint density at radius 3 is 2.56 bits per heavy atom. The van der Waals surface area contributed by atoms with Crippen molar-refractivity contribution in [3.63, 3.8) is 0 Å². The maximum absolute atomic E-state index is 5.66. The van der Waals surface area contributed by atoms with E-state index in [1.165, 1.54) is 0 Å². The SMILES string of the molecule is C=C(C)C(/C=C\C(=C)N1CCOCC1)CN. The van der Waals surface area contributed by atoms with E-state index < -0.39 is 0 Å². The standard InChI is InChI=1S/C13H22N2O/c1-11(2)13(10-14)5-4-12(3)15-6-8-16-9-7-15/h4-5,13H,1,3,6-10,14H2,2H3/b5-4-. The summed E-state index contributed by atoms with van der Waals surface area (Å²) >= 11 is 0. The van der Waals surface area contributed by atoms with E-state index in [0.717, 1.165) is 37.6 Å². The van der Waals surface area contributed by atoms with Gasteiger partial charge in [0.2, 0.25) is 0 Å². The average Bonchev–Trinajstić information content (AvgIpc) is 2.30. The van der Waals surface area contributed by atoms with E-state index in [0.29, 0.717) is 6.54 Å². The molecule has 0 aromatic rings. The van der Waals surface area contributed by atoms with Crippen LogP contribution in [0.1, 0.15) is 6.92 Å². The lowest BCUT2D eigenvalue weighted by Gasteiger charge is -2.29. The average molecular weight is 222 g/mol. The van der Waals surface area contributed by atoms with Gasteiger partial charge in [0.25, 0.3) is 0 Å². The van der Waals surface area contributed by atoms with Crippen LogP contribution in [0.5, 0.6) is 0 Å². The van der Waals surface area contributed by atoms with Gasteiger partial charge in [-0.2, -0.15) is 0 Å². The van der Waals surface area contributed by atoms with Gasteiger partial charge in [-0.15, -0.1) is 0 Å². The van der Waals surface area contributed by atoms with Crippen LogP contribution in [0.15, 0.2) is 36.6 Å². The Morgan fingerprint density at radius 1 is 1.44 bits per heavy atom. The third kappa shape index (κ3) is 3.83. The van der Waals surface area contributed by atoms with Gasteiger partial charge >= 0.3 is 0 Å². The van der Waals surface area contributed by atoms with E-state index in [9.17, 15) is 0 Å². The Hall–Kier alpha value is -1.06. The first-order chi connectivity index (χ1) is 7.65. The molecule has 1 aliphatic rings. The second-order valence-electron chi connectivity index (χ2n) is 4.14. The molecule has 1 unspecified atom stereocenters. The minimum atomic E-state index is 0.248. The van der Waals surface area contributed by atoms with Gasteiger partial charge in [0.1, 0.15) is 0 Å². The number of morpholine rings is 1. The van der Waals surface area contributed by atoms with Gasteiger partial charge in [0.15, 0.2) is 0 Å². The quantitative estimate of drug-likeness (QED) is 0.566. The first-order valence-corrected chi connectivity index (χ1v) is 5.70. The zero-order valence-electron chi connectivity index (χ0n) is 10.1. The molecule has 0 amide bonds. The summed E-state index contributed by atoms with van der Waals surface area (Å²) in [5, 5.41) is 0. The summed E-state index contributed by atoms with van der Waals surface area (Å²) in [6.45, 7) is 14.0. The predicted molar refractivity (Wildman–Crippen MR) is 68.0 cm³/mol. The van der Waals surface area contributed by atoms with Crippen molar-refractivity contribution in [2.45, 2.75) is 6.92 Å². The molecule has 0 aromatic carbocycles. The van der Waals surface area contributed by atoms with E-state index in [-0.39, 0.29) is 5.92 Å². The van der Waals surface area contributed by atoms with Crippen LogP contribution in [0, 0.1) is 5.92 Å². The first kappa shape index (κ1) is 13.0. The number of nitrogens with zero attached hydrogens (tertiary/aromatic N) is 1. The minimum Gasteiger partial charge on any atom is -0.378 e. The molecule has 1 atom stereocenters. The molecule has 0 aliphatic carbocycles. The van der Waals surface area contributed by atoms with Crippen LogP contribution < -0.4 is 5.73 Å². The van der Waals surface area contributed by atoms with Gasteiger partial charge in [0.05, 0.1) is 13.2 Å². The van der Waals surface area contributed by atoms with Crippen molar-refractivity contribution < 1.29 is 4.74 Å². The van der Waals surface area contributed by atoms with E-state index in [4.69, 9.17) is 10.5 Å². The maximum Gasteiger partial charge on any atom is 0.0642 e. The second kappa shape index (κ2) is 6.51. The molecule has 1 fully saturated rings. The molecule has 90 valence electrons. The highest BCUT2D eigenvalue weighted by atomic mass is 16.5. The van der Waals surface area contributed by atoms with E-state index >= 15 is 0 Å². The lowest BCUT2D eigenvalue weighted by Crippen LogP contribution is -2.34. The van der Waals surface area contributed by atoms with Gasteiger partial charge in [0, 0.05) is 31.2 Å². The first-order valence-electron chi connectivity index (χ1n) is 5.70. The molecule has 3 nitrogen and oxygen atoms in total. The van der Waals surface area contributed by atoms with Crippen molar-refractivity contribution in [2.24, 2.45) is 11.7 Å². The Labute approximate surface area is 98.3 Å². The monoisotopic (exact) mass is 222 g/mol. The number of allylic oxidation sites excluding steroid dienone is 1. The van der Waals surface area contributed by atoms with Gasteiger partial charge < -0.3 is 15.4 Å². The highest BCUT2D eigenvalue weighted by molar-refractivity contribution is 5.18. The maximum atomic E-state index is 5.66. The smallest absolute Gasteiger partial charge is 0.0642 e. The second-order valence-corrected chi connectivity index (χ2v) is 4.14. The fourth-order valence-corrected chi connectivity index (χ4v) is 1.63. The third-order valence-corrected chi connectivity index (χ3v) is 2.83. The van der Waals surface area contributed by atoms with Crippen molar-refractivity contribution in [1.29, 1.82) is 0 Å². The summed E-state index contributed by atoms with van der Waals surface area (Å²) in [6.07, 6.45) is 4.12. The van der Waals surface area contributed by atoms with Crippen LogP contribution in [0.4, 0.5) is 0 Å². The van der Waals surface area contributed by atoms with Crippen LogP contribution in [0.3, 0.4) is 0 Å². The Kier molecular flexibility index (Phi) is 5.29. The number of hydrogen-bond donors (Lipinski definition) is 1. The van der Waals surface area contributed by atoms with Crippen molar-refractivity contribution in [1.82, 2.24) is 4.90 Å². The number of ether oxygens (including phenoxy) is 1. The molecule has 0 saturated carbocycles. The summed E-state index contributed by atoms with van der Waals surface area (Å²) in [4.78, 5) is 2.23. The van der Waals surface area contributed by atoms with Crippen LogP contribution in [0.25, 0.3) is 0 Å². The molecule has 0 aromatic heterocycles. The van der Waals surface area contributed by atoms with E-state index in [1.54, 1.807) is 0 Å². The normalized spacial score (nSPS) is 18.8. The fraction of sp³-hybridized carbons (Fsp3) is 0.538. The van der Waals surface area contributed by atoms with Crippen molar-refractivity contribution in [3.8, 4) is 0 Å². The van der Waals surface area contributed by atoms with Crippen LogP contribution >= 0.6 is 0 Å². The lowest BCUT2D eigenvalue weighted by atomic mass is 10.0. The Morgan fingerprint density at radius 2 is 2.06 bits per heavy atom. The van der Waals surface area contributed by atoms with Gasteiger partial charge in [-0.25, -0.2) is 0 Å². The zero-order chi connectivity index (χ0) is 12.0. The van der Waals surface area contributed by atoms with E-state index in [1.807, 2.05) is 13.0 Å². The molecule has 2 N–H and O–H groups in total. The summed E-state index contributed by atoms with van der Waals surface area (Å²) in [7, 11) is 0. The Balaban J connectivity index is 2.48. The lowest BCUT2D eigenvalue weighted by molar-refractivity contribution is 0.0556. The summed E-state index contributed by atoms with van der Waals surface area (Å²) in [5.74, 6) is 0.248. The van der Waals surface area contributed by atoms with Crippen LogP contribution in [0.2, 0.25) is 0 Å². The predicted octanol–water partition coefficient (Wildman–Crippen LogP) is 1.54. The summed E-state index contributed by atoms with van der Waals surface area (Å²) < 4.78 is 5.29. The number of hydrogen-bond acceptors (Lipinski definition) is 3. The van der Waals surface area contributed by atoms with Crippen LogP contribution in [-0.4, -0.2) is 37.7 Å². The third-order valence-electron chi connectivity index (χ3n) is 2.83. The van der Waals surface area contributed by atoms with Crippen molar-refractivity contribution >= 4 is 0 Å². The van der Waals surface area contributed by atoms with Gasteiger partial charge in [-0.3, -0.25) is 0 Å². The van der Waals surface area contributed by atoms with Gasteiger partial charge in [-0.1, -0.05) is 24.8 Å². The molecule has 1 rings (SSSR count). The Bertz CT molecular complexity index is 278. The number of rotatable bonds is 5. The zero-order valence-corrected chi connectivity index (χ0v) is 10.1. The highest BCUT2D eigenvalue weighted by Crippen LogP contribution is 2.12. The minimum absolute atomic E-state index is 0.248. The topological polar surface area (TPSA) is 38.5 Å². The molecular weight excluding hydrogens is 200 g/mol. The molecule has 0 bridgehead atoms. The molecule has 0 radical (unpaired) electrons.